The summed E-state index contributed by atoms with van der Waals surface area (Å²) in [6.45, 7) is 2.72. The SMILES string of the molecule is C[C@@H]1[C@H](NC(=O)c2ccc(C3CC3)cc2)CCCN1c1nnc(C(N)=O)c(Nc2cn[nH]c2)n1. The van der Waals surface area contributed by atoms with Crippen LogP contribution in [0, 0.1) is 0 Å². The first-order chi connectivity index (χ1) is 16.5. The van der Waals surface area contributed by atoms with Crippen molar-refractivity contribution in [3.8, 4) is 0 Å². The van der Waals surface area contributed by atoms with Crippen molar-refractivity contribution in [1.29, 1.82) is 0 Å². The molecule has 2 fully saturated rings. The van der Waals surface area contributed by atoms with Gasteiger partial charge in [0.15, 0.2) is 11.5 Å². The van der Waals surface area contributed by atoms with E-state index in [4.69, 9.17) is 5.73 Å². The van der Waals surface area contributed by atoms with Gasteiger partial charge < -0.3 is 21.3 Å². The van der Waals surface area contributed by atoms with Crippen LogP contribution in [0.4, 0.5) is 17.5 Å². The van der Waals surface area contributed by atoms with Gasteiger partial charge in [-0.3, -0.25) is 14.7 Å². The molecule has 1 aliphatic heterocycles. The van der Waals surface area contributed by atoms with Crippen LogP contribution in [-0.4, -0.2) is 55.8 Å². The summed E-state index contributed by atoms with van der Waals surface area (Å²) in [6.07, 6.45) is 7.34. The quantitative estimate of drug-likeness (QED) is 0.417. The molecule has 3 heterocycles. The van der Waals surface area contributed by atoms with Gasteiger partial charge in [-0.15, -0.1) is 10.2 Å². The molecule has 2 aliphatic rings. The molecule has 3 aromatic rings. The van der Waals surface area contributed by atoms with E-state index in [1.54, 1.807) is 12.4 Å². The number of H-pyrrole nitrogens is 1. The van der Waals surface area contributed by atoms with E-state index in [-0.39, 0.29) is 29.5 Å². The highest BCUT2D eigenvalue weighted by Crippen LogP contribution is 2.39. The first kappa shape index (κ1) is 21.8. The number of carbonyl (C=O) groups is 2. The summed E-state index contributed by atoms with van der Waals surface area (Å²) in [6, 6.07) is 7.74. The van der Waals surface area contributed by atoms with Crippen LogP contribution in [0.1, 0.15) is 64.9 Å². The number of nitrogens with two attached hydrogens (primary N) is 1. The van der Waals surface area contributed by atoms with Crippen molar-refractivity contribution >= 4 is 29.3 Å². The number of benzene rings is 1. The lowest BCUT2D eigenvalue weighted by Crippen LogP contribution is -2.54. The van der Waals surface area contributed by atoms with E-state index >= 15 is 0 Å². The summed E-state index contributed by atoms with van der Waals surface area (Å²) in [5.41, 5.74) is 7.96. The molecule has 34 heavy (non-hydrogen) atoms. The smallest absolute Gasteiger partial charge is 0.273 e. The summed E-state index contributed by atoms with van der Waals surface area (Å²) in [4.78, 5) is 31.3. The Balaban J connectivity index is 1.32. The minimum atomic E-state index is -0.734. The number of amides is 2. The summed E-state index contributed by atoms with van der Waals surface area (Å²) in [5, 5.41) is 20.9. The summed E-state index contributed by atoms with van der Waals surface area (Å²) in [7, 11) is 0. The highest BCUT2D eigenvalue weighted by atomic mass is 16.2. The zero-order valence-corrected chi connectivity index (χ0v) is 18.9. The van der Waals surface area contributed by atoms with Crippen LogP contribution >= 0.6 is 0 Å². The van der Waals surface area contributed by atoms with Crippen LogP contribution < -0.4 is 21.3 Å². The highest BCUT2D eigenvalue weighted by molar-refractivity contribution is 5.96. The van der Waals surface area contributed by atoms with Crippen molar-refractivity contribution in [2.75, 3.05) is 16.8 Å². The van der Waals surface area contributed by atoms with Gasteiger partial charge in [-0.05, 0) is 56.2 Å². The van der Waals surface area contributed by atoms with E-state index in [9.17, 15) is 9.59 Å². The van der Waals surface area contributed by atoms with Crippen molar-refractivity contribution < 1.29 is 9.59 Å². The predicted molar refractivity (Wildman–Crippen MR) is 126 cm³/mol. The van der Waals surface area contributed by atoms with Gasteiger partial charge >= 0.3 is 0 Å². The standard InChI is InChI=1S/C23H27N9O2/c1-13-18(28-22(34)16-8-6-15(7-9-16)14-4-5-14)3-2-10-32(13)23-29-21(19(20(24)33)30-31-23)27-17-11-25-26-12-17/h6-9,11-14,18H,2-5,10H2,1H3,(H2,24,33)(H,25,26)(H,28,34)(H,27,29,31)/t13-,18-/m1/s1. The number of piperidine rings is 1. The van der Waals surface area contributed by atoms with E-state index in [2.05, 4.69) is 48.1 Å². The van der Waals surface area contributed by atoms with E-state index in [0.717, 1.165) is 12.8 Å². The zero-order chi connectivity index (χ0) is 23.7. The fourth-order valence-electron chi connectivity index (χ4n) is 4.34. The van der Waals surface area contributed by atoms with Crippen LogP contribution in [0.2, 0.25) is 0 Å². The van der Waals surface area contributed by atoms with Crippen LogP contribution in [0.25, 0.3) is 0 Å². The molecule has 2 aromatic heterocycles. The molecule has 1 saturated carbocycles. The Morgan fingerprint density at radius 1 is 1.15 bits per heavy atom. The number of hydrogen-bond acceptors (Lipinski definition) is 8. The molecule has 1 saturated heterocycles. The number of carbonyl (C=O) groups excluding carboxylic acids is 2. The number of hydrogen-bond donors (Lipinski definition) is 4. The average Bonchev–Trinajstić information content (AvgIpc) is 3.57. The number of primary amides is 1. The molecule has 5 N–H and O–H groups in total. The molecule has 0 spiro atoms. The van der Waals surface area contributed by atoms with Gasteiger partial charge in [0, 0.05) is 30.4 Å². The minimum absolute atomic E-state index is 0.0610. The summed E-state index contributed by atoms with van der Waals surface area (Å²) in [5.74, 6) is 0.393. The lowest BCUT2D eigenvalue weighted by atomic mass is 9.97. The molecule has 11 heteroatoms. The Labute approximate surface area is 196 Å². The molecular formula is C23H27N9O2. The predicted octanol–water partition coefficient (Wildman–Crippen LogP) is 2.10. The van der Waals surface area contributed by atoms with Crippen molar-refractivity contribution in [2.45, 2.75) is 50.6 Å². The van der Waals surface area contributed by atoms with Crippen molar-refractivity contribution in [1.82, 2.24) is 30.7 Å². The van der Waals surface area contributed by atoms with Gasteiger partial charge in [0.1, 0.15) is 0 Å². The minimum Gasteiger partial charge on any atom is -0.364 e. The molecule has 2 amide bonds. The zero-order valence-electron chi connectivity index (χ0n) is 18.9. The third kappa shape index (κ3) is 4.54. The Bertz CT molecular complexity index is 1180. The molecule has 176 valence electrons. The maximum atomic E-state index is 12.9. The fourth-order valence-corrected chi connectivity index (χ4v) is 4.34. The maximum absolute atomic E-state index is 12.9. The molecule has 11 nitrogen and oxygen atoms in total. The van der Waals surface area contributed by atoms with Crippen molar-refractivity contribution in [2.24, 2.45) is 5.73 Å². The van der Waals surface area contributed by atoms with Gasteiger partial charge in [0.05, 0.1) is 11.9 Å². The molecule has 0 bridgehead atoms. The summed E-state index contributed by atoms with van der Waals surface area (Å²) >= 11 is 0. The van der Waals surface area contributed by atoms with Crippen LogP contribution in [0.15, 0.2) is 36.7 Å². The van der Waals surface area contributed by atoms with Crippen molar-refractivity contribution in [3.63, 3.8) is 0 Å². The number of nitrogens with one attached hydrogen (secondary N) is 3. The van der Waals surface area contributed by atoms with Gasteiger partial charge in [-0.2, -0.15) is 10.1 Å². The topological polar surface area (TPSA) is 155 Å². The van der Waals surface area contributed by atoms with E-state index in [0.29, 0.717) is 29.7 Å². The number of rotatable bonds is 7. The second-order valence-corrected chi connectivity index (χ2v) is 8.84. The van der Waals surface area contributed by atoms with Gasteiger partial charge in [-0.1, -0.05) is 12.1 Å². The number of anilines is 3. The van der Waals surface area contributed by atoms with E-state index < -0.39 is 5.91 Å². The maximum Gasteiger partial charge on any atom is 0.273 e. The van der Waals surface area contributed by atoms with Crippen LogP contribution in [-0.2, 0) is 0 Å². The number of aromatic nitrogens is 5. The first-order valence-electron chi connectivity index (χ1n) is 11.5. The average molecular weight is 462 g/mol. The fraction of sp³-hybridized carbons (Fsp3) is 0.391. The number of nitrogens with zero attached hydrogens (tertiary/aromatic N) is 5. The highest BCUT2D eigenvalue weighted by Gasteiger charge is 2.32. The van der Waals surface area contributed by atoms with Gasteiger partial charge in [0.25, 0.3) is 11.8 Å². The number of aromatic amines is 1. The molecule has 1 aromatic carbocycles. The first-order valence-corrected chi connectivity index (χ1v) is 11.5. The normalized spacial score (nSPS) is 20.1. The Morgan fingerprint density at radius 3 is 2.62 bits per heavy atom. The summed E-state index contributed by atoms with van der Waals surface area (Å²) < 4.78 is 0. The Morgan fingerprint density at radius 2 is 1.94 bits per heavy atom. The second kappa shape index (κ2) is 9.08. The molecule has 1 aliphatic carbocycles. The van der Waals surface area contributed by atoms with Crippen molar-refractivity contribution in [3.05, 3.63) is 53.5 Å². The molecule has 5 rings (SSSR count). The Hall–Kier alpha value is -4.02. The molecule has 0 unspecified atom stereocenters. The van der Waals surface area contributed by atoms with Crippen LogP contribution in [0.3, 0.4) is 0 Å². The third-order valence-electron chi connectivity index (χ3n) is 6.45. The second-order valence-electron chi connectivity index (χ2n) is 8.84. The molecule has 0 radical (unpaired) electrons. The largest absolute Gasteiger partial charge is 0.364 e. The van der Waals surface area contributed by atoms with Crippen LogP contribution in [0.5, 0.6) is 0 Å². The third-order valence-corrected chi connectivity index (χ3v) is 6.45. The lowest BCUT2D eigenvalue weighted by Gasteiger charge is -2.39. The van der Waals surface area contributed by atoms with E-state index in [1.165, 1.54) is 18.4 Å². The van der Waals surface area contributed by atoms with E-state index in [1.807, 2.05) is 24.0 Å². The molecular weight excluding hydrogens is 434 g/mol. The van der Waals surface area contributed by atoms with Gasteiger partial charge in [0.2, 0.25) is 5.95 Å². The molecule has 2 atom stereocenters. The monoisotopic (exact) mass is 461 g/mol. The van der Waals surface area contributed by atoms with Gasteiger partial charge in [-0.25, -0.2) is 0 Å². The lowest BCUT2D eigenvalue weighted by molar-refractivity contribution is 0.0923. The Kier molecular flexibility index (Phi) is 5.83.